The lowest BCUT2D eigenvalue weighted by Gasteiger charge is -2.20. The van der Waals surface area contributed by atoms with Crippen molar-refractivity contribution in [2.24, 2.45) is 0 Å². The zero-order valence-electron chi connectivity index (χ0n) is 12.2. The number of aryl methyl sites for hydroxylation is 2. The van der Waals surface area contributed by atoms with E-state index in [4.69, 9.17) is 0 Å². The van der Waals surface area contributed by atoms with E-state index < -0.39 is 0 Å². The van der Waals surface area contributed by atoms with Crippen molar-refractivity contribution in [3.05, 3.63) is 39.8 Å². The Labute approximate surface area is 119 Å². The highest BCUT2D eigenvalue weighted by Gasteiger charge is 2.12. The van der Waals surface area contributed by atoms with Crippen molar-refractivity contribution < 1.29 is 0 Å². The number of hydrogen-bond donors (Lipinski definition) is 1. The van der Waals surface area contributed by atoms with E-state index in [0.29, 0.717) is 0 Å². The molecule has 0 saturated heterocycles. The summed E-state index contributed by atoms with van der Waals surface area (Å²) in [7, 11) is 0. The van der Waals surface area contributed by atoms with Crippen molar-refractivity contribution in [3.8, 4) is 0 Å². The molecule has 0 saturated carbocycles. The van der Waals surface area contributed by atoms with Crippen LogP contribution in [0, 0.1) is 6.92 Å². The van der Waals surface area contributed by atoms with Gasteiger partial charge >= 0.3 is 0 Å². The zero-order chi connectivity index (χ0) is 13.9. The van der Waals surface area contributed by atoms with Crippen LogP contribution in [0.4, 0.5) is 0 Å². The molecule has 0 spiro atoms. The fraction of sp³-hybridized carbons (Fsp3) is 0.533. The SMILES string of the molecule is Cc1c(CNC(C)(C)C)cnn1CCc1cccs1. The van der Waals surface area contributed by atoms with Crippen molar-refractivity contribution >= 4 is 11.3 Å². The highest BCUT2D eigenvalue weighted by Crippen LogP contribution is 2.13. The minimum Gasteiger partial charge on any atom is -0.308 e. The summed E-state index contributed by atoms with van der Waals surface area (Å²) in [6.45, 7) is 10.5. The quantitative estimate of drug-likeness (QED) is 0.908. The molecule has 0 aromatic carbocycles. The first-order valence-corrected chi connectivity index (χ1v) is 7.62. The lowest BCUT2D eigenvalue weighted by molar-refractivity contribution is 0.423. The van der Waals surface area contributed by atoms with E-state index in [-0.39, 0.29) is 5.54 Å². The standard InChI is InChI=1S/C15H23N3S/c1-12-13(10-16-15(2,3)4)11-17-18(12)8-7-14-6-5-9-19-14/h5-6,9,11,16H,7-8,10H2,1-4H3. The molecule has 0 unspecified atom stereocenters. The molecule has 2 heterocycles. The van der Waals surface area contributed by atoms with Crippen molar-refractivity contribution in [2.45, 2.75) is 52.7 Å². The van der Waals surface area contributed by atoms with Gasteiger partial charge in [-0.3, -0.25) is 4.68 Å². The second kappa shape index (κ2) is 5.88. The van der Waals surface area contributed by atoms with E-state index in [2.05, 4.69) is 60.3 Å². The average Bonchev–Trinajstić information content (AvgIpc) is 2.93. The third-order valence-electron chi connectivity index (χ3n) is 3.16. The van der Waals surface area contributed by atoms with Gasteiger partial charge in [0.05, 0.1) is 6.20 Å². The first-order chi connectivity index (χ1) is 8.96. The fourth-order valence-corrected chi connectivity index (χ4v) is 2.61. The van der Waals surface area contributed by atoms with Gasteiger partial charge in [-0.25, -0.2) is 0 Å². The van der Waals surface area contributed by atoms with Crippen LogP contribution in [0.3, 0.4) is 0 Å². The first-order valence-electron chi connectivity index (χ1n) is 6.74. The third-order valence-corrected chi connectivity index (χ3v) is 4.10. The van der Waals surface area contributed by atoms with E-state index >= 15 is 0 Å². The van der Waals surface area contributed by atoms with Crippen LogP contribution >= 0.6 is 11.3 Å². The Morgan fingerprint density at radius 3 is 2.79 bits per heavy atom. The number of hydrogen-bond acceptors (Lipinski definition) is 3. The molecule has 19 heavy (non-hydrogen) atoms. The maximum atomic E-state index is 4.50. The molecule has 104 valence electrons. The average molecular weight is 277 g/mol. The monoisotopic (exact) mass is 277 g/mol. The largest absolute Gasteiger partial charge is 0.308 e. The topological polar surface area (TPSA) is 29.9 Å². The third kappa shape index (κ3) is 4.18. The Bertz CT molecular complexity index is 506. The van der Waals surface area contributed by atoms with E-state index in [1.54, 1.807) is 0 Å². The Hall–Kier alpha value is -1.13. The number of aromatic nitrogens is 2. The van der Waals surface area contributed by atoms with Gasteiger partial charge in [-0.2, -0.15) is 5.10 Å². The van der Waals surface area contributed by atoms with E-state index in [9.17, 15) is 0 Å². The predicted molar refractivity (Wildman–Crippen MR) is 81.6 cm³/mol. The van der Waals surface area contributed by atoms with Gasteiger partial charge in [0.1, 0.15) is 0 Å². The highest BCUT2D eigenvalue weighted by atomic mass is 32.1. The highest BCUT2D eigenvalue weighted by molar-refractivity contribution is 7.09. The number of thiophene rings is 1. The fourth-order valence-electron chi connectivity index (χ4n) is 1.92. The molecule has 1 N–H and O–H groups in total. The molecule has 3 nitrogen and oxygen atoms in total. The zero-order valence-corrected chi connectivity index (χ0v) is 13.0. The molecule has 2 aromatic heterocycles. The summed E-state index contributed by atoms with van der Waals surface area (Å²) in [4.78, 5) is 1.42. The second-order valence-electron chi connectivity index (χ2n) is 5.91. The normalized spacial score (nSPS) is 12.0. The van der Waals surface area contributed by atoms with Gasteiger partial charge < -0.3 is 5.32 Å². The van der Waals surface area contributed by atoms with Crippen LogP contribution in [0.2, 0.25) is 0 Å². The summed E-state index contributed by atoms with van der Waals surface area (Å²) >= 11 is 1.81. The molecular weight excluding hydrogens is 254 g/mol. The summed E-state index contributed by atoms with van der Waals surface area (Å²) in [5.74, 6) is 0. The summed E-state index contributed by atoms with van der Waals surface area (Å²) in [5, 5.41) is 10.1. The number of nitrogens with zero attached hydrogens (tertiary/aromatic N) is 2. The van der Waals surface area contributed by atoms with Crippen LogP contribution in [0.5, 0.6) is 0 Å². The Balaban J connectivity index is 1.94. The van der Waals surface area contributed by atoms with Crippen LogP contribution < -0.4 is 5.32 Å². The van der Waals surface area contributed by atoms with Crippen molar-refractivity contribution in [1.82, 2.24) is 15.1 Å². The van der Waals surface area contributed by atoms with Gasteiger partial charge in [-0.15, -0.1) is 11.3 Å². The molecule has 4 heteroatoms. The van der Waals surface area contributed by atoms with Crippen molar-refractivity contribution in [1.29, 1.82) is 0 Å². The molecule has 2 rings (SSSR count). The van der Waals surface area contributed by atoms with Crippen LogP contribution in [0.15, 0.2) is 23.7 Å². The maximum absolute atomic E-state index is 4.50. The lowest BCUT2D eigenvalue weighted by Crippen LogP contribution is -2.35. The molecule has 0 fully saturated rings. The predicted octanol–water partition coefficient (Wildman–Crippen LogP) is 3.38. The smallest absolute Gasteiger partial charge is 0.0537 e. The van der Waals surface area contributed by atoms with Crippen LogP contribution in [0.1, 0.15) is 36.9 Å². The van der Waals surface area contributed by atoms with Crippen molar-refractivity contribution in [3.63, 3.8) is 0 Å². The second-order valence-corrected chi connectivity index (χ2v) is 6.94. The van der Waals surface area contributed by atoms with Crippen LogP contribution in [-0.2, 0) is 19.5 Å². The van der Waals surface area contributed by atoms with Crippen LogP contribution in [-0.4, -0.2) is 15.3 Å². The Morgan fingerprint density at radius 2 is 2.16 bits per heavy atom. The maximum Gasteiger partial charge on any atom is 0.0537 e. The molecule has 0 aliphatic heterocycles. The van der Waals surface area contributed by atoms with Gasteiger partial charge in [0.15, 0.2) is 0 Å². The summed E-state index contributed by atoms with van der Waals surface area (Å²) in [6.07, 6.45) is 3.05. The molecule has 0 aliphatic carbocycles. The molecular formula is C15H23N3S. The Kier molecular flexibility index (Phi) is 4.42. The molecule has 0 bridgehead atoms. The van der Waals surface area contributed by atoms with E-state index in [0.717, 1.165) is 19.5 Å². The molecule has 0 atom stereocenters. The van der Waals surface area contributed by atoms with Gasteiger partial charge in [0, 0.05) is 41.2 Å². The molecule has 0 aliphatic rings. The van der Waals surface area contributed by atoms with Gasteiger partial charge in [-0.1, -0.05) is 6.07 Å². The summed E-state index contributed by atoms with van der Waals surface area (Å²) in [6, 6.07) is 4.29. The van der Waals surface area contributed by atoms with Crippen molar-refractivity contribution in [2.75, 3.05) is 0 Å². The lowest BCUT2D eigenvalue weighted by atomic mass is 10.1. The van der Waals surface area contributed by atoms with Gasteiger partial charge in [-0.05, 0) is 39.1 Å². The van der Waals surface area contributed by atoms with Crippen LogP contribution in [0.25, 0.3) is 0 Å². The minimum atomic E-state index is 0.144. The summed E-state index contributed by atoms with van der Waals surface area (Å²) < 4.78 is 2.11. The molecule has 0 amide bonds. The minimum absolute atomic E-state index is 0.144. The number of rotatable bonds is 5. The Morgan fingerprint density at radius 1 is 1.37 bits per heavy atom. The van der Waals surface area contributed by atoms with E-state index in [1.165, 1.54) is 16.1 Å². The molecule has 0 radical (unpaired) electrons. The first kappa shape index (κ1) is 14.3. The van der Waals surface area contributed by atoms with Gasteiger partial charge in [0.25, 0.3) is 0 Å². The number of nitrogens with one attached hydrogen (secondary N) is 1. The molecule has 2 aromatic rings. The van der Waals surface area contributed by atoms with Gasteiger partial charge in [0.2, 0.25) is 0 Å². The summed E-state index contributed by atoms with van der Waals surface area (Å²) in [5.41, 5.74) is 2.71. The van der Waals surface area contributed by atoms with E-state index in [1.807, 2.05) is 17.5 Å².